The lowest BCUT2D eigenvalue weighted by Crippen LogP contribution is -2.36. The Bertz CT molecular complexity index is 975. The first-order valence-electron chi connectivity index (χ1n) is 8.86. The molecule has 3 aromatic rings. The number of aryl methyl sites for hydroxylation is 1. The van der Waals surface area contributed by atoms with E-state index in [0.29, 0.717) is 23.4 Å². The molecule has 5 nitrogen and oxygen atoms in total. The fraction of sp³-hybridized carbons (Fsp3) is 0.421. The van der Waals surface area contributed by atoms with Gasteiger partial charge in [-0.1, -0.05) is 0 Å². The normalized spacial score (nSPS) is 16.4. The van der Waals surface area contributed by atoms with Gasteiger partial charge in [0.2, 0.25) is 0 Å². The number of fused-ring (bicyclic) bond motifs is 1. The van der Waals surface area contributed by atoms with Crippen molar-refractivity contribution < 1.29 is 4.39 Å². The molecule has 1 aliphatic heterocycles. The largest absolute Gasteiger partial charge is 0.298 e. The van der Waals surface area contributed by atoms with E-state index in [1.807, 2.05) is 6.92 Å². The second-order valence-corrected chi connectivity index (χ2v) is 8.00. The van der Waals surface area contributed by atoms with Crippen LogP contribution in [0.15, 0.2) is 34.7 Å². The minimum absolute atomic E-state index is 0.0876. The van der Waals surface area contributed by atoms with Crippen LogP contribution in [0.4, 0.5) is 4.39 Å². The highest BCUT2D eigenvalue weighted by Crippen LogP contribution is 2.21. The summed E-state index contributed by atoms with van der Waals surface area (Å²) < 4.78 is 14.9. The Labute approximate surface area is 155 Å². The molecule has 0 atom stereocenters. The zero-order valence-corrected chi connectivity index (χ0v) is 15.5. The van der Waals surface area contributed by atoms with Crippen molar-refractivity contribution in [1.82, 2.24) is 19.4 Å². The monoisotopic (exact) mass is 372 g/mol. The molecule has 0 radical (unpaired) electrons. The molecule has 0 spiro atoms. The second-order valence-electron chi connectivity index (χ2n) is 6.94. The number of thiazole rings is 1. The van der Waals surface area contributed by atoms with Crippen LogP contribution in [0.5, 0.6) is 0 Å². The standard InChI is InChI=1S/C19H21FN4OS/c1-13-22-16(11-26-13)10-23-6-4-14(5-7-23)9-24-12-21-18-8-15(20)2-3-17(18)19(24)25/h2-3,8,11-12,14H,4-7,9-10H2,1H3. The molecule has 0 amide bonds. The maximum atomic E-state index is 13.3. The summed E-state index contributed by atoms with van der Waals surface area (Å²) in [4.78, 5) is 23.8. The molecule has 136 valence electrons. The van der Waals surface area contributed by atoms with E-state index in [1.54, 1.807) is 22.2 Å². The quantitative estimate of drug-likeness (QED) is 0.706. The van der Waals surface area contributed by atoms with E-state index in [1.165, 1.54) is 18.2 Å². The number of hydrogen-bond donors (Lipinski definition) is 0. The number of hydrogen-bond acceptors (Lipinski definition) is 5. The van der Waals surface area contributed by atoms with Gasteiger partial charge in [-0.25, -0.2) is 14.4 Å². The molecule has 26 heavy (non-hydrogen) atoms. The highest BCUT2D eigenvalue weighted by molar-refractivity contribution is 7.09. The molecule has 0 aliphatic carbocycles. The topological polar surface area (TPSA) is 51.0 Å². The average Bonchev–Trinajstić information content (AvgIpc) is 3.04. The third-order valence-electron chi connectivity index (χ3n) is 5.00. The van der Waals surface area contributed by atoms with Crippen LogP contribution in [0.2, 0.25) is 0 Å². The highest BCUT2D eigenvalue weighted by atomic mass is 32.1. The lowest BCUT2D eigenvalue weighted by atomic mass is 9.96. The maximum Gasteiger partial charge on any atom is 0.261 e. The summed E-state index contributed by atoms with van der Waals surface area (Å²) in [6, 6.07) is 4.14. The van der Waals surface area contributed by atoms with E-state index in [9.17, 15) is 9.18 Å². The zero-order valence-electron chi connectivity index (χ0n) is 14.7. The summed E-state index contributed by atoms with van der Waals surface area (Å²) in [5.74, 6) is 0.0886. The van der Waals surface area contributed by atoms with Crippen molar-refractivity contribution in [2.24, 2.45) is 5.92 Å². The van der Waals surface area contributed by atoms with E-state index in [2.05, 4.69) is 20.2 Å². The number of likely N-dealkylation sites (tertiary alicyclic amines) is 1. The van der Waals surface area contributed by atoms with E-state index in [0.717, 1.165) is 43.2 Å². The molecular weight excluding hydrogens is 351 g/mol. The minimum Gasteiger partial charge on any atom is -0.298 e. The van der Waals surface area contributed by atoms with Crippen molar-refractivity contribution in [2.45, 2.75) is 32.9 Å². The van der Waals surface area contributed by atoms with E-state index in [-0.39, 0.29) is 11.4 Å². The number of benzene rings is 1. The molecule has 0 saturated carbocycles. The highest BCUT2D eigenvalue weighted by Gasteiger charge is 2.21. The van der Waals surface area contributed by atoms with Gasteiger partial charge in [0.25, 0.3) is 5.56 Å². The number of nitrogens with zero attached hydrogens (tertiary/aromatic N) is 4. The van der Waals surface area contributed by atoms with E-state index in [4.69, 9.17) is 0 Å². The Morgan fingerprint density at radius 2 is 2.12 bits per heavy atom. The molecule has 7 heteroatoms. The number of piperidine rings is 1. The number of rotatable bonds is 4. The van der Waals surface area contributed by atoms with Crippen LogP contribution in [0.3, 0.4) is 0 Å². The Morgan fingerprint density at radius 1 is 1.31 bits per heavy atom. The molecule has 1 aliphatic rings. The smallest absolute Gasteiger partial charge is 0.261 e. The molecule has 0 bridgehead atoms. The second kappa shape index (κ2) is 7.25. The van der Waals surface area contributed by atoms with Crippen molar-refractivity contribution in [1.29, 1.82) is 0 Å². The van der Waals surface area contributed by atoms with Gasteiger partial charge in [-0.15, -0.1) is 11.3 Å². The van der Waals surface area contributed by atoms with Crippen LogP contribution >= 0.6 is 11.3 Å². The predicted octanol–water partition coefficient (Wildman–Crippen LogP) is 3.21. The van der Waals surface area contributed by atoms with Gasteiger partial charge < -0.3 is 0 Å². The molecule has 1 fully saturated rings. The molecule has 3 heterocycles. The summed E-state index contributed by atoms with van der Waals surface area (Å²) in [5, 5.41) is 3.72. The van der Waals surface area contributed by atoms with Crippen molar-refractivity contribution in [3.05, 3.63) is 56.8 Å². The SMILES string of the molecule is Cc1nc(CN2CCC(Cn3cnc4cc(F)ccc4c3=O)CC2)cs1. The summed E-state index contributed by atoms with van der Waals surface area (Å²) in [7, 11) is 0. The number of aromatic nitrogens is 3. The summed E-state index contributed by atoms with van der Waals surface area (Å²) in [6.45, 7) is 5.64. The van der Waals surface area contributed by atoms with Crippen LogP contribution in [0.25, 0.3) is 10.9 Å². The van der Waals surface area contributed by atoms with E-state index < -0.39 is 0 Å². The van der Waals surface area contributed by atoms with Crippen LogP contribution in [-0.4, -0.2) is 32.5 Å². The van der Waals surface area contributed by atoms with Gasteiger partial charge in [0, 0.05) is 24.5 Å². The fourth-order valence-corrected chi connectivity index (χ4v) is 4.18. The zero-order chi connectivity index (χ0) is 18.1. The third-order valence-corrected chi connectivity index (χ3v) is 5.82. The third kappa shape index (κ3) is 3.68. The van der Waals surface area contributed by atoms with Gasteiger partial charge in [0.1, 0.15) is 5.82 Å². The van der Waals surface area contributed by atoms with Gasteiger partial charge >= 0.3 is 0 Å². The number of halogens is 1. The van der Waals surface area contributed by atoms with Crippen molar-refractivity contribution >= 4 is 22.2 Å². The molecule has 1 aromatic carbocycles. The van der Waals surface area contributed by atoms with Crippen LogP contribution in [-0.2, 0) is 13.1 Å². The first-order valence-corrected chi connectivity index (χ1v) is 9.74. The lowest BCUT2D eigenvalue weighted by molar-refractivity contribution is 0.165. The fourth-order valence-electron chi connectivity index (χ4n) is 3.58. The Balaban J connectivity index is 1.40. The Kier molecular flexibility index (Phi) is 4.82. The van der Waals surface area contributed by atoms with Gasteiger partial charge in [-0.3, -0.25) is 14.3 Å². The molecule has 2 aromatic heterocycles. The molecule has 1 saturated heterocycles. The summed E-state index contributed by atoms with van der Waals surface area (Å²) in [5.41, 5.74) is 1.48. The van der Waals surface area contributed by atoms with Gasteiger partial charge in [-0.2, -0.15) is 0 Å². The van der Waals surface area contributed by atoms with Crippen molar-refractivity contribution in [3.63, 3.8) is 0 Å². The Hall–Kier alpha value is -2.12. The minimum atomic E-state index is -0.371. The summed E-state index contributed by atoms with van der Waals surface area (Å²) in [6.07, 6.45) is 3.66. The van der Waals surface area contributed by atoms with Crippen LogP contribution < -0.4 is 5.56 Å². The average molecular weight is 372 g/mol. The molecule has 4 rings (SSSR count). The molecular formula is C19H21FN4OS. The lowest BCUT2D eigenvalue weighted by Gasteiger charge is -2.31. The van der Waals surface area contributed by atoms with Crippen LogP contribution in [0.1, 0.15) is 23.5 Å². The Morgan fingerprint density at radius 3 is 2.85 bits per heavy atom. The first kappa shape index (κ1) is 17.3. The van der Waals surface area contributed by atoms with Gasteiger partial charge in [0.05, 0.1) is 27.9 Å². The summed E-state index contributed by atoms with van der Waals surface area (Å²) >= 11 is 1.69. The predicted molar refractivity (Wildman–Crippen MR) is 101 cm³/mol. The van der Waals surface area contributed by atoms with Gasteiger partial charge in [0.15, 0.2) is 0 Å². The molecule has 0 unspecified atom stereocenters. The molecule has 0 N–H and O–H groups in total. The maximum absolute atomic E-state index is 13.3. The van der Waals surface area contributed by atoms with Crippen molar-refractivity contribution in [2.75, 3.05) is 13.1 Å². The van der Waals surface area contributed by atoms with E-state index >= 15 is 0 Å². The first-order chi connectivity index (χ1) is 12.6. The van der Waals surface area contributed by atoms with Crippen LogP contribution in [0, 0.1) is 18.7 Å². The van der Waals surface area contributed by atoms with Gasteiger partial charge in [-0.05, 0) is 50.9 Å². The van der Waals surface area contributed by atoms with Crippen molar-refractivity contribution in [3.8, 4) is 0 Å².